The predicted molar refractivity (Wildman–Crippen MR) is 72.2 cm³/mol. The lowest BCUT2D eigenvalue weighted by molar-refractivity contribution is -0.117. The lowest BCUT2D eigenvalue weighted by Gasteiger charge is -2.23. The standard InChI is InChI=1S/C14H12N4O2/c1-2-7-20-11-5-3-10(4-6-11)12-8-13(19)17-14-15-9-16-18(12)14/h1,3-6,9,12H,7-8H2,(H,15,16,17,19)/t12-/m0/s1. The van der Waals surface area contributed by atoms with Crippen molar-refractivity contribution in [3.8, 4) is 18.1 Å². The molecule has 6 heteroatoms. The van der Waals surface area contributed by atoms with E-state index in [1.165, 1.54) is 6.33 Å². The molecule has 1 amide bonds. The van der Waals surface area contributed by atoms with Gasteiger partial charge in [0.05, 0.1) is 12.5 Å². The van der Waals surface area contributed by atoms with Gasteiger partial charge in [-0.1, -0.05) is 18.1 Å². The smallest absolute Gasteiger partial charge is 0.229 e. The van der Waals surface area contributed by atoms with Gasteiger partial charge < -0.3 is 4.74 Å². The number of nitrogens with zero attached hydrogens (tertiary/aromatic N) is 3. The van der Waals surface area contributed by atoms with Gasteiger partial charge in [0.1, 0.15) is 18.7 Å². The fourth-order valence-corrected chi connectivity index (χ4v) is 2.18. The van der Waals surface area contributed by atoms with Gasteiger partial charge in [0, 0.05) is 0 Å². The molecule has 0 aliphatic carbocycles. The molecule has 2 aromatic rings. The molecule has 1 aromatic heterocycles. The zero-order valence-electron chi connectivity index (χ0n) is 10.6. The Balaban J connectivity index is 1.87. The van der Waals surface area contributed by atoms with Crippen LogP contribution in [0.1, 0.15) is 18.0 Å². The highest BCUT2D eigenvalue weighted by atomic mass is 16.5. The molecule has 1 aromatic carbocycles. The molecule has 1 aliphatic heterocycles. The first-order chi connectivity index (χ1) is 9.78. The Morgan fingerprint density at radius 2 is 2.25 bits per heavy atom. The van der Waals surface area contributed by atoms with Crippen molar-refractivity contribution in [2.24, 2.45) is 0 Å². The van der Waals surface area contributed by atoms with E-state index < -0.39 is 0 Å². The Morgan fingerprint density at radius 1 is 1.45 bits per heavy atom. The van der Waals surface area contributed by atoms with E-state index in [4.69, 9.17) is 11.2 Å². The molecule has 6 nitrogen and oxygen atoms in total. The zero-order chi connectivity index (χ0) is 13.9. The van der Waals surface area contributed by atoms with Crippen LogP contribution in [0.15, 0.2) is 30.6 Å². The Kier molecular flexibility index (Phi) is 3.09. The monoisotopic (exact) mass is 268 g/mol. The van der Waals surface area contributed by atoms with E-state index in [1.807, 2.05) is 24.3 Å². The van der Waals surface area contributed by atoms with E-state index in [0.29, 0.717) is 18.1 Å². The lowest BCUT2D eigenvalue weighted by atomic mass is 10.0. The Labute approximate surface area is 115 Å². The van der Waals surface area contributed by atoms with Gasteiger partial charge in [-0.3, -0.25) is 10.1 Å². The summed E-state index contributed by atoms with van der Waals surface area (Å²) in [7, 11) is 0. The molecule has 20 heavy (non-hydrogen) atoms. The Morgan fingerprint density at radius 3 is 3.00 bits per heavy atom. The third kappa shape index (κ3) is 2.21. The van der Waals surface area contributed by atoms with Gasteiger partial charge in [-0.25, -0.2) is 4.68 Å². The van der Waals surface area contributed by atoms with Crippen molar-refractivity contribution in [1.82, 2.24) is 14.8 Å². The molecule has 1 aliphatic rings. The van der Waals surface area contributed by atoms with Gasteiger partial charge >= 0.3 is 0 Å². The average Bonchev–Trinajstić information content (AvgIpc) is 2.93. The van der Waals surface area contributed by atoms with Crippen LogP contribution in [-0.2, 0) is 4.79 Å². The number of amides is 1. The van der Waals surface area contributed by atoms with Crippen LogP contribution in [0.2, 0.25) is 0 Å². The van der Waals surface area contributed by atoms with Gasteiger partial charge in [0.2, 0.25) is 11.9 Å². The van der Waals surface area contributed by atoms with Crippen LogP contribution in [-0.4, -0.2) is 27.3 Å². The number of benzene rings is 1. The number of hydrogen-bond donors (Lipinski definition) is 1. The van der Waals surface area contributed by atoms with Gasteiger partial charge in [-0.15, -0.1) is 6.42 Å². The van der Waals surface area contributed by atoms with Crippen molar-refractivity contribution in [3.05, 3.63) is 36.2 Å². The second kappa shape index (κ2) is 5.05. The van der Waals surface area contributed by atoms with E-state index in [2.05, 4.69) is 21.3 Å². The number of carbonyl (C=O) groups excluding carboxylic acids is 1. The number of nitrogens with one attached hydrogen (secondary N) is 1. The van der Waals surface area contributed by atoms with E-state index in [1.54, 1.807) is 4.68 Å². The molecular weight excluding hydrogens is 256 g/mol. The quantitative estimate of drug-likeness (QED) is 0.850. The molecule has 0 saturated carbocycles. The van der Waals surface area contributed by atoms with E-state index in [9.17, 15) is 4.79 Å². The molecule has 0 radical (unpaired) electrons. The van der Waals surface area contributed by atoms with Crippen molar-refractivity contribution >= 4 is 11.9 Å². The summed E-state index contributed by atoms with van der Waals surface area (Å²) in [5, 5.41) is 6.84. The van der Waals surface area contributed by atoms with Crippen LogP contribution in [0.4, 0.5) is 5.95 Å². The van der Waals surface area contributed by atoms with Gasteiger partial charge in [-0.2, -0.15) is 10.1 Å². The molecular formula is C14H12N4O2. The van der Waals surface area contributed by atoms with Gasteiger partial charge in [0.25, 0.3) is 0 Å². The van der Waals surface area contributed by atoms with E-state index in [0.717, 1.165) is 5.56 Å². The second-order valence-corrected chi connectivity index (χ2v) is 4.36. The Bertz CT molecular complexity index is 669. The minimum absolute atomic E-state index is 0.0665. The van der Waals surface area contributed by atoms with E-state index in [-0.39, 0.29) is 18.6 Å². The summed E-state index contributed by atoms with van der Waals surface area (Å²) in [5.74, 6) is 3.52. The first-order valence-electron chi connectivity index (χ1n) is 6.13. The summed E-state index contributed by atoms with van der Waals surface area (Å²) in [4.78, 5) is 15.7. The minimum atomic E-state index is -0.150. The van der Waals surface area contributed by atoms with Crippen molar-refractivity contribution < 1.29 is 9.53 Å². The summed E-state index contributed by atoms with van der Waals surface area (Å²) in [6.45, 7) is 0.235. The third-order valence-corrected chi connectivity index (χ3v) is 3.09. The number of carbonyl (C=O) groups is 1. The van der Waals surface area contributed by atoms with Crippen molar-refractivity contribution in [2.45, 2.75) is 12.5 Å². The maximum atomic E-state index is 11.7. The SMILES string of the molecule is C#CCOc1ccc([C@@H]2CC(=O)Nc3ncnn32)cc1. The van der Waals surface area contributed by atoms with Crippen LogP contribution in [0, 0.1) is 12.3 Å². The second-order valence-electron chi connectivity index (χ2n) is 4.36. The molecule has 1 atom stereocenters. The summed E-state index contributed by atoms with van der Waals surface area (Å²) in [6.07, 6.45) is 6.90. The largest absolute Gasteiger partial charge is 0.481 e. The first-order valence-corrected chi connectivity index (χ1v) is 6.13. The summed E-state index contributed by atoms with van der Waals surface area (Å²) in [5.41, 5.74) is 0.972. The van der Waals surface area contributed by atoms with Crippen LogP contribution >= 0.6 is 0 Å². The highest BCUT2D eigenvalue weighted by Gasteiger charge is 2.27. The normalized spacial score (nSPS) is 16.9. The first kappa shape index (κ1) is 12.2. The number of hydrogen-bond acceptors (Lipinski definition) is 4. The third-order valence-electron chi connectivity index (χ3n) is 3.09. The summed E-state index contributed by atoms with van der Waals surface area (Å²) in [6, 6.07) is 7.31. The predicted octanol–water partition coefficient (Wildman–Crippen LogP) is 1.22. The fraction of sp³-hybridized carbons (Fsp3) is 0.214. The maximum Gasteiger partial charge on any atom is 0.229 e. The molecule has 0 saturated heterocycles. The zero-order valence-corrected chi connectivity index (χ0v) is 10.6. The van der Waals surface area contributed by atoms with Crippen LogP contribution < -0.4 is 10.1 Å². The molecule has 0 unspecified atom stereocenters. The molecule has 3 rings (SSSR count). The minimum Gasteiger partial charge on any atom is -0.481 e. The van der Waals surface area contributed by atoms with E-state index >= 15 is 0 Å². The van der Waals surface area contributed by atoms with Gasteiger partial charge in [0.15, 0.2) is 0 Å². The highest BCUT2D eigenvalue weighted by Crippen LogP contribution is 2.29. The average molecular weight is 268 g/mol. The Hall–Kier alpha value is -2.81. The van der Waals surface area contributed by atoms with Crippen molar-refractivity contribution in [3.63, 3.8) is 0 Å². The highest BCUT2D eigenvalue weighted by molar-refractivity contribution is 5.91. The number of rotatable bonds is 3. The maximum absolute atomic E-state index is 11.7. The summed E-state index contributed by atoms with van der Waals surface area (Å²) < 4.78 is 7.03. The molecule has 2 heterocycles. The molecule has 0 spiro atoms. The topological polar surface area (TPSA) is 69.0 Å². The number of anilines is 1. The molecule has 1 N–H and O–H groups in total. The molecule has 0 bridgehead atoms. The molecule has 0 fully saturated rings. The van der Waals surface area contributed by atoms with Crippen LogP contribution in [0.3, 0.4) is 0 Å². The number of aromatic nitrogens is 3. The number of ether oxygens (including phenoxy) is 1. The van der Waals surface area contributed by atoms with Crippen LogP contribution in [0.25, 0.3) is 0 Å². The van der Waals surface area contributed by atoms with Gasteiger partial charge in [-0.05, 0) is 17.7 Å². The molecule has 100 valence electrons. The van der Waals surface area contributed by atoms with Crippen molar-refractivity contribution in [1.29, 1.82) is 0 Å². The number of fused-ring (bicyclic) bond motifs is 1. The van der Waals surface area contributed by atoms with Crippen LogP contribution in [0.5, 0.6) is 5.75 Å². The number of terminal acetylenes is 1. The summed E-state index contributed by atoms with van der Waals surface area (Å²) >= 11 is 0. The van der Waals surface area contributed by atoms with Crippen molar-refractivity contribution in [2.75, 3.05) is 11.9 Å². The fourth-order valence-electron chi connectivity index (χ4n) is 2.18. The lowest BCUT2D eigenvalue weighted by Crippen LogP contribution is -2.29.